The number of benzene rings is 1. The van der Waals surface area contributed by atoms with Crippen molar-refractivity contribution in [2.75, 3.05) is 20.3 Å². The van der Waals surface area contributed by atoms with Gasteiger partial charge in [0.2, 0.25) is 0 Å². The second-order valence-electron chi connectivity index (χ2n) is 9.89. The van der Waals surface area contributed by atoms with Gasteiger partial charge in [-0.05, 0) is 49.3 Å². The number of rotatable bonds is 5. The van der Waals surface area contributed by atoms with Crippen LogP contribution in [0.25, 0.3) is 0 Å². The van der Waals surface area contributed by atoms with Gasteiger partial charge < -0.3 is 14.2 Å². The predicted molar refractivity (Wildman–Crippen MR) is 122 cm³/mol. The van der Waals surface area contributed by atoms with Gasteiger partial charge in [-0.1, -0.05) is 26.0 Å². The van der Waals surface area contributed by atoms with Gasteiger partial charge in [0.15, 0.2) is 5.78 Å². The van der Waals surface area contributed by atoms with E-state index < -0.39 is 23.8 Å². The first kappa shape index (κ1) is 23.4. The molecule has 1 aromatic carbocycles. The summed E-state index contributed by atoms with van der Waals surface area (Å²) in [5, 5.41) is 0. The van der Waals surface area contributed by atoms with Crippen LogP contribution in [0.5, 0.6) is 0 Å². The minimum atomic E-state index is -0.709. The number of ether oxygens (including phenoxy) is 3. The topological polar surface area (TPSA) is 91.3 Å². The summed E-state index contributed by atoms with van der Waals surface area (Å²) in [6, 6.07) is 6.89. The zero-order valence-electron chi connectivity index (χ0n) is 19.7. The monoisotopic (exact) mass is 453 g/mol. The van der Waals surface area contributed by atoms with Crippen molar-refractivity contribution in [1.82, 2.24) is 0 Å². The molecule has 3 aliphatic rings. The number of nitrogens with zero attached hydrogens (tertiary/aromatic N) is 1. The Bertz CT molecular complexity index is 1010. The molecule has 0 radical (unpaired) electrons. The van der Waals surface area contributed by atoms with E-state index in [0.29, 0.717) is 36.3 Å². The Kier molecular flexibility index (Phi) is 6.52. The maximum absolute atomic E-state index is 13.3. The SMILES string of the molecule is COC(=O)c1ccc([C@H]2C3=C(CC(C)(C)CC3=O)N=C(C)C2C(=O)OC[C@H]2CCCO2)cc1. The van der Waals surface area contributed by atoms with Crippen molar-refractivity contribution in [3.05, 3.63) is 46.7 Å². The first-order valence-corrected chi connectivity index (χ1v) is 11.5. The fourth-order valence-electron chi connectivity index (χ4n) is 5.10. The molecule has 4 rings (SSSR count). The molecule has 1 saturated heterocycles. The highest BCUT2D eigenvalue weighted by atomic mass is 16.6. The quantitative estimate of drug-likeness (QED) is 0.626. The number of aliphatic imine (C=N–C) groups is 1. The standard InChI is InChI=1S/C26H31NO6/c1-15-21(25(30)33-14-18-6-5-11-32-18)22(16-7-9-17(10-8-16)24(29)31-4)23-19(27-15)12-26(2,3)13-20(23)28/h7-10,18,21-22H,5-6,11-14H2,1-4H3/t18-,21?,22-/m1/s1. The molecule has 1 aromatic rings. The molecule has 3 atom stereocenters. The van der Waals surface area contributed by atoms with Crippen LogP contribution >= 0.6 is 0 Å². The number of methoxy groups -OCH3 is 1. The summed E-state index contributed by atoms with van der Waals surface area (Å²) in [5.41, 5.74) is 2.97. The number of esters is 2. The number of Topliss-reactive ketones (excluding diaryl/α,β-unsaturated/α-hetero) is 1. The lowest BCUT2D eigenvalue weighted by atomic mass is 9.67. The molecule has 0 aromatic heterocycles. The Morgan fingerprint density at radius 1 is 1.18 bits per heavy atom. The fourth-order valence-corrected chi connectivity index (χ4v) is 5.10. The maximum atomic E-state index is 13.3. The summed E-state index contributed by atoms with van der Waals surface area (Å²) in [4.78, 5) is 43.3. The maximum Gasteiger partial charge on any atom is 0.337 e. The Hall–Kier alpha value is -2.80. The van der Waals surface area contributed by atoms with Crippen LogP contribution in [0.2, 0.25) is 0 Å². The molecular weight excluding hydrogens is 422 g/mol. The zero-order valence-corrected chi connectivity index (χ0v) is 19.7. The molecule has 2 heterocycles. The largest absolute Gasteiger partial charge is 0.465 e. The van der Waals surface area contributed by atoms with Crippen LogP contribution in [-0.2, 0) is 23.8 Å². The molecule has 1 fully saturated rings. The van der Waals surface area contributed by atoms with Gasteiger partial charge in [-0.25, -0.2) is 4.79 Å². The molecule has 7 heteroatoms. The minimum absolute atomic E-state index is 0.0106. The molecule has 7 nitrogen and oxygen atoms in total. The molecule has 0 bridgehead atoms. The van der Waals surface area contributed by atoms with Crippen LogP contribution in [0, 0.1) is 11.3 Å². The number of hydrogen-bond acceptors (Lipinski definition) is 7. The van der Waals surface area contributed by atoms with Crippen LogP contribution in [-0.4, -0.2) is 49.9 Å². The summed E-state index contributed by atoms with van der Waals surface area (Å²) in [6.45, 7) is 6.82. The van der Waals surface area contributed by atoms with Crippen LogP contribution < -0.4 is 0 Å². The highest BCUT2D eigenvalue weighted by molar-refractivity contribution is 6.09. The first-order chi connectivity index (χ1) is 15.7. The van der Waals surface area contributed by atoms with Gasteiger partial charge in [0.1, 0.15) is 12.5 Å². The van der Waals surface area contributed by atoms with Gasteiger partial charge in [0.25, 0.3) is 0 Å². The number of carbonyl (C=O) groups is 3. The molecular formula is C26H31NO6. The van der Waals surface area contributed by atoms with Crippen molar-refractivity contribution in [2.24, 2.45) is 16.3 Å². The van der Waals surface area contributed by atoms with Crippen molar-refractivity contribution in [3.63, 3.8) is 0 Å². The van der Waals surface area contributed by atoms with Crippen molar-refractivity contribution >= 4 is 23.4 Å². The Labute approximate surface area is 194 Å². The average molecular weight is 454 g/mol. The highest BCUT2D eigenvalue weighted by Gasteiger charge is 2.46. The summed E-state index contributed by atoms with van der Waals surface area (Å²) in [7, 11) is 1.33. The normalized spacial score (nSPS) is 26.5. The van der Waals surface area contributed by atoms with Gasteiger partial charge in [-0.3, -0.25) is 14.6 Å². The van der Waals surface area contributed by atoms with E-state index in [9.17, 15) is 14.4 Å². The first-order valence-electron chi connectivity index (χ1n) is 11.5. The highest BCUT2D eigenvalue weighted by Crippen LogP contribution is 2.48. The van der Waals surface area contributed by atoms with Gasteiger partial charge in [-0.15, -0.1) is 0 Å². The van der Waals surface area contributed by atoms with Crippen LogP contribution in [0.3, 0.4) is 0 Å². The summed E-state index contributed by atoms with van der Waals surface area (Å²) >= 11 is 0. The van der Waals surface area contributed by atoms with Gasteiger partial charge >= 0.3 is 11.9 Å². The molecule has 33 heavy (non-hydrogen) atoms. The summed E-state index contributed by atoms with van der Waals surface area (Å²) < 4.78 is 16.1. The summed E-state index contributed by atoms with van der Waals surface area (Å²) in [6.07, 6.45) is 2.81. The average Bonchev–Trinajstić information content (AvgIpc) is 3.29. The van der Waals surface area contributed by atoms with E-state index in [0.717, 1.165) is 24.1 Å². The van der Waals surface area contributed by atoms with E-state index in [1.54, 1.807) is 24.3 Å². The third-order valence-electron chi connectivity index (χ3n) is 6.68. The van der Waals surface area contributed by atoms with Crippen LogP contribution in [0.1, 0.15) is 68.3 Å². The third-order valence-corrected chi connectivity index (χ3v) is 6.68. The van der Waals surface area contributed by atoms with E-state index in [1.165, 1.54) is 7.11 Å². The fraction of sp³-hybridized carbons (Fsp3) is 0.538. The van der Waals surface area contributed by atoms with Crippen LogP contribution in [0.4, 0.5) is 0 Å². The third kappa shape index (κ3) is 4.78. The number of hydrogen-bond donors (Lipinski definition) is 0. The number of carbonyl (C=O) groups excluding carboxylic acids is 3. The van der Waals surface area contributed by atoms with E-state index in [1.807, 2.05) is 6.92 Å². The summed E-state index contributed by atoms with van der Waals surface area (Å²) in [5.74, 6) is -2.05. The molecule has 0 saturated carbocycles. The van der Waals surface area contributed by atoms with E-state index in [-0.39, 0.29) is 23.9 Å². The lowest BCUT2D eigenvalue weighted by Gasteiger charge is -2.39. The molecule has 0 spiro atoms. The Morgan fingerprint density at radius 2 is 1.91 bits per heavy atom. The van der Waals surface area contributed by atoms with Crippen molar-refractivity contribution in [3.8, 4) is 0 Å². The zero-order chi connectivity index (χ0) is 23.8. The molecule has 0 amide bonds. The number of ketones is 1. The molecule has 1 aliphatic carbocycles. The van der Waals surface area contributed by atoms with Crippen molar-refractivity contribution < 1.29 is 28.6 Å². The number of allylic oxidation sites excluding steroid dienone is 2. The second-order valence-corrected chi connectivity index (χ2v) is 9.89. The van der Waals surface area contributed by atoms with E-state index >= 15 is 0 Å². The van der Waals surface area contributed by atoms with Gasteiger partial charge in [-0.2, -0.15) is 0 Å². The Morgan fingerprint density at radius 3 is 2.55 bits per heavy atom. The van der Waals surface area contributed by atoms with Crippen molar-refractivity contribution in [1.29, 1.82) is 0 Å². The molecule has 2 aliphatic heterocycles. The van der Waals surface area contributed by atoms with Gasteiger partial charge in [0, 0.05) is 35.9 Å². The minimum Gasteiger partial charge on any atom is -0.465 e. The molecule has 176 valence electrons. The van der Waals surface area contributed by atoms with Crippen LogP contribution in [0.15, 0.2) is 40.5 Å². The van der Waals surface area contributed by atoms with Crippen molar-refractivity contribution in [2.45, 2.75) is 58.5 Å². The smallest absolute Gasteiger partial charge is 0.337 e. The lowest BCUT2D eigenvalue weighted by molar-refractivity contribution is -0.149. The Balaban J connectivity index is 1.71. The van der Waals surface area contributed by atoms with E-state index in [4.69, 9.17) is 19.2 Å². The lowest BCUT2D eigenvalue weighted by Crippen LogP contribution is -2.40. The molecule has 1 unspecified atom stereocenters. The molecule has 0 N–H and O–H groups in total. The predicted octanol–water partition coefficient (Wildman–Crippen LogP) is 4.01. The van der Waals surface area contributed by atoms with E-state index in [2.05, 4.69) is 13.8 Å². The second kappa shape index (κ2) is 9.21. The van der Waals surface area contributed by atoms with Gasteiger partial charge in [0.05, 0.1) is 18.8 Å².